The molecule has 0 saturated heterocycles. The van der Waals surface area contributed by atoms with Gasteiger partial charge in [0.25, 0.3) is 0 Å². The van der Waals surface area contributed by atoms with Crippen molar-refractivity contribution in [2.24, 2.45) is 0 Å². The highest BCUT2D eigenvalue weighted by atomic mass is 14.7. The molecule has 1 nitrogen and oxygen atoms in total. The highest BCUT2D eigenvalue weighted by Crippen LogP contribution is 2.39. The number of nitrogens with one attached hydrogen (secondary N) is 1. The number of rotatable bonds is 2. The Morgan fingerprint density at radius 2 is 1.27 bits per heavy atom. The standard InChI is InChI=1S/C25H19N/c1-17-15-16-22-20-12-7-8-14-23(20)26-25(22)24(17)21-13-6-5-11-19(21)18-9-3-2-4-10-18/h2-16,26H,1H3. The van der Waals surface area contributed by atoms with Gasteiger partial charge in [-0.25, -0.2) is 0 Å². The van der Waals surface area contributed by atoms with Gasteiger partial charge >= 0.3 is 0 Å². The van der Waals surface area contributed by atoms with E-state index in [0.717, 1.165) is 0 Å². The fourth-order valence-electron chi connectivity index (χ4n) is 3.94. The molecule has 0 aliphatic heterocycles. The van der Waals surface area contributed by atoms with Gasteiger partial charge in [-0.15, -0.1) is 0 Å². The molecule has 0 radical (unpaired) electrons. The number of para-hydroxylation sites is 1. The van der Waals surface area contributed by atoms with E-state index in [2.05, 4.69) is 103 Å². The predicted molar refractivity (Wildman–Crippen MR) is 111 cm³/mol. The van der Waals surface area contributed by atoms with Gasteiger partial charge in [0.1, 0.15) is 0 Å². The lowest BCUT2D eigenvalue weighted by molar-refractivity contribution is 1.45. The molecule has 0 saturated carbocycles. The van der Waals surface area contributed by atoms with Gasteiger partial charge in [-0.2, -0.15) is 0 Å². The molecule has 0 bridgehead atoms. The summed E-state index contributed by atoms with van der Waals surface area (Å²) in [5, 5.41) is 2.56. The SMILES string of the molecule is Cc1ccc2c([nH]c3ccccc32)c1-c1ccccc1-c1ccccc1. The van der Waals surface area contributed by atoms with E-state index >= 15 is 0 Å². The number of H-pyrrole nitrogens is 1. The molecule has 0 fully saturated rings. The molecular weight excluding hydrogens is 314 g/mol. The highest BCUT2D eigenvalue weighted by Gasteiger charge is 2.15. The zero-order valence-corrected chi connectivity index (χ0v) is 14.7. The molecule has 5 aromatic rings. The molecule has 0 atom stereocenters. The second kappa shape index (κ2) is 5.89. The van der Waals surface area contributed by atoms with Gasteiger partial charge in [-0.05, 0) is 35.2 Å². The molecule has 124 valence electrons. The van der Waals surface area contributed by atoms with Crippen LogP contribution in [0, 0.1) is 6.92 Å². The quantitative estimate of drug-likeness (QED) is 0.359. The normalized spacial score (nSPS) is 11.3. The third kappa shape index (κ3) is 2.25. The van der Waals surface area contributed by atoms with Crippen molar-refractivity contribution in [3.8, 4) is 22.3 Å². The van der Waals surface area contributed by atoms with Crippen LogP contribution in [0.3, 0.4) is 0 Å². The molecule has 1 aromatic heterocycles. The largest absolute Gasteiger partial charge is 0.354 e. The summed E-state index contributed by atoms with van der Waals surface area (Å²) in [5.74, 6) is 0. The van der Waals surface area contributed by atoms with Crippen LogP contribution in [0.25, 0.3) is 44.1 Å². The Bertz CT molecular complexity index is 1230. The van der Waals surface area contributed by atoms with E-state index in [1.54, 1.807) is 0 Å². The van der Waals surface area contributed by atoms with Crippen molar-refractivity contribution in [3.63, 3.8) is 0 Å². The maximum Gasteiger partial charge on any atom is 0.0547 e. The molecule has 0 spiro atoms. The van der Waals surface area contributed by atoms with Crippen LogP contribution in [0.2, 0.25) is 0 Å². The van der Waals surface area contributed by atoms with Crippen molar-refractivity contribution >= 4 is 21.8 Å². The Morgan fingerprint density at radius 3 is 2.12 bits per heavy atom. The first-order chi connectivity index (χ1) is 12.8. The average Bonchev–Trinajstić information content (AvgIpc) is 3.07. The first-order valence-corrected chi connectivity index (χ1v) is 8.98. The van der Waals surface area contributed by atoms with Gasteiger partial charge in [-0.3, -0.25) is 0 Å². The molecule has 1 heterocycles. The number of aromatic nitrogens is 1. The Hall–Kier alpha value is -3.32. The van der Waals surface area contributed by atoms with Crippen LogP contribution >= 0.6 is 0 Å². The molecule has 1 N–H and O–H groups in total. The smallest absolute Gasteiger partial charge is 0.0547 e. The van der Waals surface area contributed by atoms with Crippen LogP contribution in [0.15, 0.2) is 91.0 Å². The lowest BCUT2D eigenvalue weighted by atomic mass is 9.91. The van der Waals surface area contributed by atoms with Crippen molar-refractivity contribution in [2.75, 3.05) is 0 Å². The van der Waals surface area contributed by atoms with Gasteiger partial charge in [0, 0.05) is 21.9 Å². The van der Waals surface area contributed by atoms with Crippen LogP contribution in [-0.4, -0.2) is 4.98 Å². The lowest BCUT2D eigenvalue weighted by Gasteiger charge is -2.14. The van der Waals surface area contributed by atoms with Crippen LogP contribution < -0.4 is 0 Å². The second-order valence-corrected chi connectivity index (χ2v) is 6.76. The number of hydrogen-bond acceptors (Lipinski definition) is 0. The molecule has 0 unspecified atom stereocenters. The van der Waals surface area contributed by atoms with E-state index in [-0.39, 0.29) is 0 Å². The first kappa shape index (κ1) is 15.0. The predicted octanol–water partition coefficient (Wildman–Crippen LogP) is 6.96. The molecule has 4 aromatic carbocycles. The minimum atomic E-state index is 1.19. The Labute approximate surface area is 152 Å². The van der Waals surface area contributed by atoms with Crippen LogP contribution in [0.4, 0.5) is 0 Å². The topological polar surface area (TPSA) is 15.8 Å². The highest BCUT2D eigenvalue weighted by molar-refractivity contribution is 6.13. The van der Waals surface area contributed by atoms with Crippen molar-refractivity contribution in [1.82, 2.24) is 4.98 Å². The minimum Gasteiger partial charge on any atom is -0.354 e. The number of benzene rings is 4. The van der Waals surface area contributed by atoms with Crippen LogP contribution in [0.5, 0.6) is 0 Å². The van der Waals surface area contributed by atoms with E-state index in [0.29, 0.717) is 0 Å². The Kier molecular flexibility index (Phi) is 3.39. The molecule has 0 amide bonds. The van der Waals surface area contributed by atoms with E-state index in [9.17, 15) is 0 Å². The fraction of sp³-hybridized carbons (Fsp3) is 0.0400. The number of aromatic amines is 1. The Morgan fingerprint density at radius 1 is 0.577 bits per heavy atom. The summed E-state index contributed by atoms with van der Waals surface area (Å²) in [6.45, 7) is 2.20. The van der Waals surface area contributed by atoms with E-state index in [1.165, 1.54) is 49.6 Å². The maximum atomic E-state index is 3.66. The zero-order chi connectivity index (χ0) is 17.5. The molecule has 26 heavy (non-hydrogen) atoms. The Balaban J connectivity index is 1.88. The average molecular weight is 333 g/mol. The monoisotopic (exact) mass is 333 g/mol. The summed E-state index contributed by atoms with van der Waals surface area (Å²) < 4.78 is 0. The molecule has 0 aliphatic carbocycles. The van der Waals surface area contributed by atoms with Crippen molar-refractivity contribution in [3.05, 3.63) is 96.6 Å². The lowest BCUT2D eigenvalue weighted by Crippen LogP contribution is -1.89. The number of fused-ring (bicyclic) bond motifs is 3. The summed E-state index contributed by atoms with van der Waals surface area (Å²) in [6.07, 6.45) is 0. The van der Waals surface area contributed by atoms with Gasteiger partial charge in [-0.1, -0.05) is 84.9 Å². The van der Waals surface area contributed by atoms with Crippen LogP contribution in [-0.2, 0) is 0 Å². The van der Waals surface area contributed by atoms with Gasteiger partial charge < -0.3 is 4.98 Å². The molecule has 5 rings (SSSR count). The van der Waals surface area contributed by atoms with Crippen molar-refractivity contribution in [2.45, 2.75) is 6.92 Å². The summed E-state index contributed by atoms with van der Waals surface area (Å²) in [4.78, 5) is 3.66. The third-order valence-electron chi connectivity index (χ3n) is 5.17. The first-order valence-electron chi connectivity index (χ1n) is 8.98. The molecule has 0 aliphatic rings. The van der Waals surface area contributed by atoms with Gasteiger partial charge in [0.15, 0.2) is 0 Å². The minimum absolute atomic E-state index is 1.19. The summed E-state index contributed by atoms with van der Waals surface area (Å²) >= 11 is 0. The van der Waals surface area contributed by atoms with Gasteiger partial charge in [0.2, 0.25) is 0 Å². The van der Waals surface area contributed by atoms with E-state index in [4.69, 9.17) is 0 Å². The second-order valence-electron chi connectivity index (χ2n) is 6.76. The third-order valence-corrected chi connectivity index (χ3v) is 5.17. The fourth-order valence-corrected chi connectivity index (χ4v) is 3.94. The molecular formula is C25H19N. The van der Waals surface area contributed by atoms with Crippen molar-refractivity contribution in [1.29, 1.82) is 0 Å². The summed E-state index contributed by atoms with van der Waals surface area (Å²) in [7, 11) is 0. The van der Waals surface area contributed by atoms with E-state index in [1.807, 2.05) is 0 Å². The molecule has 1 heteroatoms. The summed E-state index contributed by atoms with van der Waals surface area (Å²) in [6, 6.07) is 32.3. The maximum absolute atomic E-state index is 3.66. The van der Waals surface area contributed by atoms with E-state index < -0.39 is 0 Å². The summed E-state index contributed by atoms with van der Waals surface area (Å²) in [5.41, 5.74) is 8.76. The number of aryl methyl sites for hydroxylation is 1. The number of hydrogen-bond donors (Lipinski definition) is 1. The van der Waals surface area contributed by atoms with Crippen LogP contribution in [0.1, 0.15) is 5.56 Å². The van der Waals surface area contributed by atoms with Crippen molar-refractivity contribution < 1.29 is 0 Å². The van der Waals surface area contributed by atoms with Gasteiger partial charge in [0.05, 0.1) is 5.52 Å². The zero-order valence-electron chi connectivity index (χ0n) is 14.7.